The molecule has 0 spiro atoms. The molecule has 9 heteroatoms. The topological polar surface area (TPSA) is 65.7 Å². The standard InChI is InChI=1S/C27H24BrCl2N3O3/c1-3-5-26-32-23-10-8-19(28)13-21(23)27(34)33(26)31-15-17-6-11-24(25(12-17)35-4-2)36-16-18-7-9-20(29)14-22(18)30/h6-15H,3-5,16H2,1-2H3. The predicted octanol–water partition coefficient (Wildman–Crippen LogP) is 7.28. The van der Waals surface area contributed by atoms with Crippen molar-refractivity contribution in [3.8, 4) is 11.5 Å². The molecule has 1 aromatic heterocycles. The van der Waals surface area contributed by atoms with E-state index in [9.17, 15) is 4.79 Å². The lowest BCUT2D eigenvalue weighted by Gasteiger charge is -2.13. The summed E-state index contributed by atoms with van der Waals surface area (Å²) in [6.07, 6.45) is 3.08. The highest BCUT2D eigenvalue weighted by Gasteiger charge is 2.12. The SMILES string of the molecule is CCCc1nc2ccc(Br)cc2c(=O)n1N=Cc1ccc(OCc2ccc(Cl)cc2Cl)c(OCC)c1. The number of aromatic nitrogens is 2. The summed E-state index contributed by atoms with van der Waals surface area (Å²) in [5.74, 6) is 1.74. The number of aryl methyl sites for hydroxylation is 1. The summed E-state index contributed by atoms with van der Waals surface area (Å²) in [6, 6.07) is 16.2. The molecule has 0 saturated heterocycles. The van der Waals surface area contributed by atoms with Gasteiger partial charge in [-0.3, -0.25) is 4.79 Å². The lowest BCUT2D eigenvalue weighted by atomic mass is 10.2. The molecule has 6 nitrogen and oxygen atoms in total. The molecule has 0 radical (unpaired) electrons. The van der Waals surface area contributed by atoms with Crippen molar-refractivity contribution in [3.05, 3.63) is 96.4 Å². The minimum absolute atomic E-state index is 0.217. The summed E-state index contributed by atoms with van der Waals surface area (Å²) in [6.45, 7) is 4.66. The average molecular weight is 589 g/mol. The van der Waals surface area contributed by atoms with E-state index in [4.69, 9.17) is 32.7 Å². The van der Waals surface area contributed by atoms with Gasteiger partial charge in [-0.15, -0.1) is 0 Å². The van der Waals surface area contributed by atoms with Gasteiger partial charge in [0.05, 0.1) is 23.7 Å². The van der Waals surface area contributed by atoms with Crippen LogP contribution in [0.1, 0.15) is 37.2 Å². The molecule has 0 aliphatic carbocycles. The van der Waals surface area contributed by atoms with Crippen molar-refractivity contribution in [2.45, 2.75) is 33.3 Å². The van der Waals surface area contributed by atoms with E-state index in [-0.39, 0.29) is 12.2 Å². The molecule has 0 aliphatic heterocycles. The van der Waals surface area contributed by atoms with Crippen molar-refractivity contribution in [1.29, 1.82) is 0 Å². The first-order valence-corrected chi connectivity index (χ1v) is 13.0. The third-order valence-corrected chi connectivity index (χ3v) is 6.42. The minimum atomic E-state index is -0.217. The summed E-state index contributed by atoms with van der Waals surface area (Å²) in [5, 5.41) is 6.10. The molecule has 0 N–H and O–H groups in total. The van der Waals surface area contributed by atoms with E-state index >= 15 is 0 Å². The van der Waals surface area contributed by atoms with Gasteiger partial charge < -0.3 is 9.47 Å². The Morgan fingerprint density at radius 1 is 1.03 bits per heavy atom. The van der Waals surface area contributed by atoms with Crippen LogP contribution in [-0.4, -0.2) is 22.5 Å². The Hall–Kier alpha value is -2.87. The van der Waals surface area contributed by atoms with Gasteiger partial charge in [0, 0.05) is 26.5 Å². The molecular weight excluding hydrogens is 565 g/mol. The largest absolute Gasteiger partial charge is 0.490 e. The maximum atomic E-state index is 13.2. The highest BCUT2D eigenvalue weighted by atomic mass is 79.9. The average Bonchev–Trinajstić information content (AvgIpc) is 2.85. The first kappa shape index (κ1) is 26.2. The number of rotatable bonds is 9. The van der Waals surface area contributed by atoms with E-state index in [1.807, 2.05) is 50.2 Å². The van der Waals surface area contributed by atoms with Crippen LogP contribution in [0.4, 0.5) is 0 Å². The van der Waals surface area contributed by atoms with Gasteiger partial charge >= 0.3 is 0 Å². The van der Waals surface area contributed by atoms with Crippen LogP contribution in [0, 0.1) is 0 Å². The Morgan fingerprint density at radius 2 is 1.86 bits per heavy atom. The molecule has 186 valence electrons. The number of benzene rings is 3. The van der Waals surface area contributed by atoms with E-state index < -0.39 is 0 Å². The fraction of sp³-hybridized carbons (Fsp3) is 0.222. The first-order chi connectivity index (χ1) is 17.4. The molecule has 1 heterocycles. The van der Waals surface area contributed by atoms with E-state index in [2.05, 4.69) is 26.0 Å². The van der Waals surface area contributed by atoms with Crippen molar-refractivity contribution >= 4 is 56.2 Å². The normalized spacial score (nSPS) is 11.4. The van der Waals surface area contributed by atoms with E-state index in [1.54, 1.807) is 24.4 Å². The smallest absolute Gasteiger partial charge is 0.282 e. The zero-order valence-corrected chi connectivity index (χ0v) is 22.9. The zero-order chi connectivity index (χ0) is 25.7. The summed E-state index contributed by atoms with van der Waals surface area (Å²) in [5.41, 5.74) is 2.00. The third kappa shape index (κ3) is 6.09. The van der Waals surface area contributed by atoms with Gasteiger partial charge in [-0.05, 0) is 67.4 Å². The van der Waals surface area contributed by atoms with Gasteiger partial charge in [0.15, 0.2) is 11.5 Å². The minimum Gasteiger partial charge on any atom is -0.490 e. The summed E-state index contributed by atoms with van der Waals surface area (Å²) >= 11 is 15.7. The van der Waals surface area contributed by atoms with Crippen molar-refractivity contribution in [3.63, 3.8) is 0 Å². The molecule has 4 rings (SSSR count). The molecule has 0 fully saturated rings. The Morgan fingerprint density at radius 3 is 2.61 bits per heavy atom. The molecule has 3 aromatic carbocycles. The molecular formula is C27H24BrCl2N3O3. The lowest BCUT2D eigenvalue weighted by Crippen LogP contribution is -2.22. The first-order valence-electron chi connectivity index (χ1n) is 11.5. The Kier molecular flexibility index (Phi) is 8.67. The van der Waals surface area contributed by atoms with Crippen LogP contribution < -0.4 is 15.0 Å². The molecule has 0 saturated carbocycles. The Labute approximate surface area is 227 Å². The van der Waals surface area contributed by atoms with E-state index in [1.165, 1.54) is 4.68 Å². The van der Waals surface area contributed by atoms with Crippen LogP contribution in [0.5, 0.6) is 11.5 Å². The van der Waals surface area contributed by atoms with Crippen molar-refractivity contribution in [2.75, 3.05) is 6.61 Å². The quantitative estimate of drug-likeness (QED) is 0.193. The fourth-order valence-corrected chi connectivity index (χ4v) is 4.43. The highest BCUT2D eigenvalue weighted by molar-refractivity contribution is 9.10. The zero-order valence-electron chi connectivity index (χ0n) is 19.8. The fourth-order valence-electron chi connectivity index (χ4n) is 3.61. The number of nitrogens with zero attached hydrogens (tertiary/aromatic N) is 3. The van der Waals surface area contributed by atoms with Crippen LogP contribution >= 0.6 is 39.1 Å². The van der Waals surface area contributed by atoms with Gasteiger partial charge in [-0.2, -0.15) is 9.78 Å². The molecule has 0 unspecified atom stereocenters. The van der Waals surface area contributed by atoms with E-state index in [0.717, 1.165) is 22.0 Å². The van der Waals surface area contributed by atoms with Crippen LogP contribution in [0.2, 0.25) is 10.0 Å². The maximum absolute atomic E-state index is 13.2. The van der Waals surface area contributed by atoms with Crippen LogP contribution in [0.3, 0.4) is 0 Å². The maximum Gasteiger partial charge on any atom is 0.282 e. The number of ether oxygens (including phenoxy) is 2. The number of halogens is 3. The summed E-state index contributed by atoms with van der Waals surface area (Å²) in [7, 11) is 0. The van der Waals surface area contributed by atoms with Crippen molar-refractivity contribution in [2.24, 2.45) is 5.10 Å². The van der Waals surface area contributed by atoms with Crippen molar-refractivity contribution in [1.82, 2.24) is 9.66 Å². The summed E-state index contributed by atoms with van der Waals surface area (Å²) in [4.78, 5) is 17.9. The molecule has 0 atom stereocenters. The van der Waals surface area contributed by atoms with Crippen LogP contribution in [-0.2, 0) is 13.0 Å². The van der Waals surface area contributed by atoms with Gasteiger partial charge in [0.25, 0.3) is 5.56 Å². The van der Waals surface area contributed by atoms with Crippen LogP contribution in [0.15, 0.2) is 69.0 Å². The summed E-state index contributed by atoms with van der Waals surface area (Å²) < 4.78 is 14.0. The van der Waals surface area contributed by atoms with Gasteiger partial charge in [0.2, 0.25) is 0 Å². The van der Waals surface area contributed by atoms with Gasteiger partial charge in [-0.25, -0.2) is 4.98 Å². The monoisotopic (exact) mass is 587 g/mol. The van der Waals surface area contributed by atoms with Crippen molar-refractivity contribution < 1.29 is 9.47 Å². The van der Waals surface area contributed by atoms with Crippen LogP contribution in [0.25, 0.3) is 10.9 Å². The highest BCUT2D eigenvalue weighted by Crippen LogP contribution is 2.30. The number of hydrogen-bond donors (Lipinski definition) is 0. The molecule has 0 amide bonds. The second kappa shape index (κ2) is 11.9. The van der Waals surface area contributed by atoms with Gasteiger partial charge in [-0.1, -0.05) is 52.1 Å². The Balaban J connectivity index is 1.64. The number of fused-ring (bicyclic) bond motifs is 1. The third-order valence-electron chi connectivity index (χ3n) is 5.34. The molecule has 0 bridgehead atoms. The second-order valence-electron chi connectivity index (χ2n) is 7.96. The van der Waals surface area contributed by atoms with E-state index in [0.29, 0.717) is 51.3 Å². The number of hydrogen-bond acceptors (Lipinski definition) is 5. The Bertz CT molecular complexity index is 1490. The lowest BCUT2D eigenvalue weighted by molar-refractivity contribution is 0.269. The molecule has 4 aromatic rings. The molecule has 36 heavy (non-hydrogen) atoms. The predicted molar refractivity (Wildman–Crippen MR) is 149 cm³/mol. The van der Waals surface area contributed by atoms with Gasteiger partial charge in [0.1, 0.15) is 12.4 Å². The molecule has 0 aliphatic rings. The second-order valence-corrected chi connectivity index (χ2v) is 9.72.